The summed E-state index contributed by atoms with van der Waals surface area (Å²) >= 11 is 0. The number of nitrogens with one attached hydrogen (secondary N) is 1. The van der Waals surface area contributed by atoms with Crippen LogP contribution in [0.5, 0.6) is 11.5 Å². The molecule has 1 unspecified atom stereocenters. The molecule has 1 aliphatic heterocycles. The van der Waals surface area contributed by atoms with Crippen LogP contribution in [0.25, 0.3) is 0 Å². The Morgan fingerprint density at radius 2 is 1.80 bits per heavy atom. The predicted molar refractivity (Wildman–Crippen MR) is 149 cm³/mol. The Balaban J connectivity index is 1.93. The van der Waals surface area contributed by atoms with E-state index in [1.807, 2.05) is 44.2 Å². The normalized spacial score (nSPS) is 14.8. The van der Waals surface area contributed by atoms with Crippen molar-refractivity contribution in [2.24, 2.45) is 5.41 Å². The molecule has 218 valence electrons. The first-order valence-corrected chi connectivity index (χ1v) is 14.6. The SMILES string of the molecule is CC(C)(CCC#N)CN(C[C@@H](O)C(Cc1ccccc1)NC(=O)OC(C)(C)C)S(=O)(=O)c1ccc2c(c1)OCO2. The van der Waals surface area contributed by atoms with Crippen molar-refractivity contribution in [1.29, 1.82) is 5.26 Å². The van der Waals surface area contributed by atoms with E-state index in [0.29, 0.717) is 17.9 Å². The van der Waals surface area contributed by atoms with Crippen molar-refractivity contribution in [2.75, 3.05) is 19.9 Å². The average molecular weight is 574 g/mol. The van der Waals surface area contributed by atoms with Crippen LogP contribution in [0.2, 0.25) is 0 Å². The van der Waals surface area contributed by atoms with E-state index in [0.717, 1.165) is 5.56 Å². The minimum atomic E-state index is -4.13. The van der Waals surface area contributed by atoms with Gasteiger partial charge >= 0.3 is 6.09 Å². The lowest BCUT2D eigenvalue weighted by molar-refractivity contribution is 0.0392. The standard InChI is InChI=1S/C29H39N3O7S/c1-28(2,3)39-27(34)31-23(16-21-10-7-6-8-11-21)24(33)18-32(19-29(4,5)14-9-15-30)40(35,36)22-12-13-25-26(17-22)38-20-37-25/h6-8,10-13,17,23-24,33H,9,14,16,18-20H2,1-5H3,(H,31,34)/t23?,24-/m1/s1. The molecule has 0 aliphatic carbocycles. The van der Waals surface area contributed by atoms with Crippen molar-refractivity contribution in [1.82, 2.24) is 9.62 Å². The van der Waals surface area contributed by atoms with Crippen LogP contribution in [-0.2, 0) is 21.2 Å². The molecule has 1 amide bonds. The Kier molecular flexibility index (Phi) is 10.1. The summed E-state index contributed by atoms with van der Waals surface area (Å²) in [6.45, 7) is 8.68. The Labute approximate surface area is 236 Å². The van der Waals surface area contributed by atoms with Crippen LogP contribution in [-0.4, -0.2) is 61.6 Å². The third-order valence-corrected chi connectivity index (χ3v) is 8.16. The molecule has 0 fully saturated rings. The van der Waals surface area contributed by atoms with Gasteiger partial charge in [0.25, 0.3) is 0 Å². The van der Waals surface area contributed by atoms with Gasteiger partial charge < -0.3 is 24.6 Å². The van der Waals surface area contributed by atoms with Gasteiger partial charge in [0.2, 0.25) is 16.8 Å². The number of benzene rings is 2. The summed E-state index contributed by atoms with van der Waals surface area (Å²) in [4.78, 5) is 12.7. The van der Waals surface area contributed by atoms with Crippen molar-refractivity contribution in [3.8, 4) is 17.6 Å². The number of nitriles is 1. The Morgan fingerprint density at radius 1 is 1.12 bits per heavy atom. The molecule has 2 N–H and O–H groups in total. The maximum absolute atomic E-state index is 14.0. The van der Waals surface area contributed by atoms with Gasteiger partial charge in [-0.25, -0.2) is 13.2 Å². The summed E-state index contributed by atoms with van der Waals surface area (Å²) in [6.07, 6.45) is -1.05. The molecule has 2 atom stereocenters. The number of rotatable bonds is 12. The van der Waals surface area contributed by atoms with Crippen LogP contribution >= 0.6 is 0 Å². The molecule has 0 spiro atoms. The van der Waals surface area contributed by atoms with Crippen LogP contribution in [0.3, 0.4) is 0 Å². The number of amides is 1. The van der Waals surface area contributed by atoms with Crippen LogP contribution in [0.1, 0.15) is 53.0 Å². The van der Waals surface area contributed by atoms with Crippen LogP contribution < -0.4 is 14.8 Å². The fourth-order valence-corrected chi connectivity index (χ4v) is 5.99. The van der Waals surface area contributed by atoms with Crippen LogP contribution in [0.15, 0.2) is 53.4 Å². The summed E-state index contributed by atoms with van der Waals surface area (Å²) in [5.41, 5.74) is -0.486. The minimum Gasteiger partial charge on any atom is -0.454 e. The summed E-state index contributed by atoms with van der Waals surface area (Å²) in [6, 6.07) is 14.9. The molecule has 0 radical (unpaired) electrons. The highest BCUT2D eigenvalue weighted by atomic mass is 32.2. The zero-order chi connectivity index (χ0) is 29.6. The highest BCUT2D eigenvalue weighted by Crippen LogP contribution is 2.35. The zero-order valence-corrected chi connectivity index (χ0v) is 24.5. The predicted octanol–water partition coefficient (Wildman–Crippen LogP) is 4.23. The molecular weight excluding hydrogens is 534 g/mol. The van der Waals surface area contributed by atoms with E-state index in [4.69, 9.17) is 19.5 Å². The second-order valence-corrected chi connectivity index (χ2v) is 13.6. The molecule has 11 heteroatoms. The van der Waals surface area contributed by atoms with E-state index < -0.39 is 39.3 Å². The summed E-state index contributed by atoms with van der Waals surface area (Å²) in [5, 5.41) is 23.3. The van der Waals surface area contributed by atoms with Crippen LogP contribution in [0, 0.1) is 16.7 Å². The Bertz CT molecular complexity index is 1300. The van der Waals surface area contributed by atoms with E-state index in [1.54, 1.807) is 20.8 Å². The number of ether oxygens (including phenoxy) is 3. The summed E-state index contributed by atoms with van der Waals surface area (Å²) in [5.74, 6) is 0.767. The molecule has 2 aromatic carbocycles. The summed E-state index contributed by atoms with van der Waals surface area (Å²) in [7, 11) is -4.13. The average Bonchev–Trinajstić information content (AvgIpc) is 3.34. The van der Waals surface area contributed by atoms with Gasteiger partial charge in [0, 0.05) is 25.6 Å². The van der Waals surface area contributed by atoms with Crippen molar-refractivity contribution in [3.05, 3.63) is 54.1 Å². The fraction of sp³-hybridized carbons (Fsp3) is 0.517. The molecule has 0 aromatic heterocycles. The van der Waals surface area contributed by atoms with Crippen molar-refractivity contribution < 1.29 is 32.5 Å². The van der Waals surface area contributed by atoms with E-state index in [9.17, 15) is 18.3 Å². The fourth-order valence-electron chi connectivity index (χ4n) is 4.33. The smallest absolute Gasteiger partial charge is 0.407 e. The molecular formula is C29H39N3O7S. The van der Waals surface area contributed by atoms with Gasteiger partial charge in [-0.2, -0.15) is 9.57 Å². The second kappa shape index (κ2) is 12.9. The first kappa shape index (κ1) is 31.2. The number of hydrogen-bond acceptors (Lipinski definition) is 8. The molecule has 1 aliphatic rings. The summed E-state index contributed by atoms with van der Waals surface area (Å²) < 4.78 is 45.2. The van der Waals surface area contributed by atoms with Gasteiger partial charge in [-0.1, -0.05) is 44.2 Å². The lowest BCUT2D eigenvalue weighted by atomic mass is 9.88. The number of alkyl carbamates (subject to hydrolysis) is 1. The first-order valence-electron chi connectivity index (χ1n) is 13.2. The third kappa shape index (κ3) is 8.84. The van der Waals surface area contributed by atoms with Gasteiger partial charge in [-0.3, -0.25) is 0 Å². The third-order valence-electron chi connectivity index (χ3n) is 6.36. The molecule has 3 rings (SSSR count). The van der Waals surface area contributed by atoms with E-state index >= 15 is 0 Å². The van der Waals surface area contributed by atoms with Crippen LogP contribution in [0.4, 0.5) is 4.79 Å². The van der Waals surface area contributed by atoms with E-state index in [-0.39, 0.29) is 37.6 Å². The maximum atomic E-state index is 14.0. The molecule has 40 heavy (non-hydrogen) atoms. The highest BCUT2D eigenvalue weighted by molar-refractivity contribution is 7.89. The number of hydrogen-bond donors (Lipinski definition) is 2. The number of carbonyl (C=O) groups is 1. The van der Waals surface area contributed by atoms with Crippen molar-refractivity contribution in [2.45, 2.75) is 76.5 Å². The topological polar surface area (TPSA) is 138 Å². The Hall–Kier alpha value is -3.33. The number of sulfonamides is 1. The minimum absolute atomic E-state index is 0.0000454. The van der Waals surface area contributed by atoms with Crippen molar-refractivity contribution >= 4 is 16.1 Å². The molecule has 2 aromatic rings. The second-order valence-electron chi connectivity index (χ2n) is 11.6. The lowest BCUT2D eigenvalue weighted by Crippen LogP contribution is -2.52. The lowest BCUT2D eigenvalue weighted by Gasteiger charge is -2.35. The quantitative estimate of drug-likeness (QED) is 0.385. The molecule has 1 heterocycles. The molecule has 0 saturated carbocycles. The van der Waals surface area contributed by atoms with Crippen molar-refractivity contribution in [3.63, 3.8) is 0 Å². The first-order chi connectivity index (χ1) is 18.7. The van der Waals surface area contributed by atoms with E-state index in [1.165, 1.54) is 22.5 Å². The van der Waals surface area contributed by atoms with Gasteiger partial charge in [-0.05, 0) is 56.7 Å². The molecule has 0 saturated heterocycles. The number of carbonyl (C=O) groups excluding carboxylic acids is 1. The highest BCUT2D eigenvalue weighted by Gasteiger charge is 2.36. The molecule has 10 nitrogen and oxygen atoms in total. The molecule has 0 bridgehead atoms. The Morgan fingerprint density at radius 3 is 2.45 bits per heavy atom. The van der Waals surface area contributed by atoms with Gasteiger partial charge in [0.1, 0.15) is 5.60 Å². The largest absolute Gasteiger partial charge is 0.454 e. The van der Waals surface area contributed by atoms with Gasteiger partial charge in [0.15, 0.2) is 11.5 Å². The number of aliphatic hydroxyl groups excluding tert-OH is 1. The number of nitrogens with zero attached hydrogens (tertiary/aromatic N) is 2. The number of aliphatic hydroxyl groups is 1. The van der Waals surface area contributed by atoms with E-state index in [2.05, 4.69) is 11.4 Å². The maximum Gasteiger partial charge on any atom is 0.407 e. The van der Waals surface area contributed by atoms with Gasteiger partial charge in [-0.15, -0.1) is 0 Å². The van der Waals surface area contributed by atoms with Gasteiger partial charge in [0.05, 0.1) is 23.1 Å². The zero-order valence-electron chi connectivity index (χ0n) is 23.7. The monoisotopic (exact) mass is 573 g/mol. The number of fused-ring (bicyclic) bond motifs is 1.